The second-order valence-corrected chi connectivity index (χ2v) is 4.89. The molecule has 0 aliphatic rings. The molecule has 0 saturated carbocycles. The summed E-state index contributed by atoms with van der Waals surface area (Å²) in [5.41, 5.74) is 0. The minimum atomic E-state index is 0.493. The van der Waals surface area contributed by atoms with Gasteiger partial charge >= 0.3 is 0 Å². The first-order valence-corrected chi connectivity index (χ1v) is 6.66. The van der Waals surface area contributed by atoms with Crippen molar-refractivity contribution in [3.8, 4) is 0 Å². The lowest BCUT2D eigenvalue weighted by molar-refractivity contribution is 0.117. The molecular weight excluding hydrogens is 228 g/mol. The molecular formula is C14H26N2O2. The van der Waals surface area contributed by atoms with Crippen molar-refractivity contribution in [1.82, 2.24) is 10.2 Å². The smallest absolute Gasteiger partial charge is 0.103 e. The van der Waals surface area contributed by atoms with E-state index < -0.39 is 0 Å². The van der Waals surface area contributed by atoms with Crippen LogP contribution in [0.2, 0.25) is 0 Å². The maximum atomic E-state index is 5.52. The highest BCUT2D eigenvalue weighted by atomic mass is 16.5. The predicted molar refractivity (Wildman–Crippen MR) is 73.9 cm³/mol. The van der Waals surface area contributed by atoms with Gasteiger partial charge in [-0.15, -0.1) is 0 Å². The number of nitrogens with one attached hydrogen (secondary N) is 1. The van der Waals surface area contributed by atoms with Crippen molar-refractivity contribution in [3.63, 3.8) is 0 Å². The van der Waals surface area contributed by atoms with Gasteiger partial charge in [0.15, 0.2) is 0 Å². The van der Waals surface area contributed by atoms with Crippen molar-refractivity contribution in [2.24, 2.45) is 0 Å². The highest BCUT2D eigenvalue weighted by Gasteiger charge is 2.03. The van der Waals surface area contributed by atoms with E-state index in [-0.39, 0.29) is 0 Å². The summed E-state index contributed by atoms with van der Waals surface area (Å²) < 4.78 is 10.8. The third-order valence-electron chi connectivity index (χ3n) is 2.83. The Bertz CT molecular complexity index is 286. The molecule has 1 aromatic rings. The topological polar surface area (TPSA) is 37.6 Å². The molecule has 0 aromatic carbocycles. The lowest BCUT2D eigenvalue weighted by Crippen LogP contribution is -2.30. The lowest BCUT2D eigenvalue weighted by atomic mass is 10.1. The van der Waals surface area contributed by atoms with Crippen LogP contribution in [-0.2, 0) is 11.2 Å². The van der Waals surface area contributed by atoms with Crippen LogP contribution in [0.4, 0.5) is 0 Å². The van der Waals surface area contributed by atoms with E-state index in [0.717, 1.165) is 44.9 Å². The van der Waals surface area contributed by atoms with E-state index in [0.29, 0.717) is 6.04 Å². The Kier molecular flexibility index (Phi) is 7.73. The van der Waals surface area contributed by atoms with E-state index in [1.807, 2.05) is 12.1 Å². The molecule has 104 valence electrons. The van der Waals surface area contributed by atoms with Gasteiger partial charge in [-0.1, -0.05) is 0 Å². The van der Waals surface area contributed by atoms with Gasteiger partial charge in [-0.2, -0.15) is 0 Å². The third-order valence-corrected chi connectivity index (χ3v) is 2.83. The Balaban J connectivity index is 1.92. The monoisotopic (exact) mass is 254 g/mol. The van der Waals surface area contributed by atoms with Crippen LogP contribution >= 0.6 is 0 Å². The van der Waals surface area contributed by atoms with Crippen LogP contribution < -0.4 is 5.32 Å². The number of aryl methyl sites for hydroxylation is 1. The summed E-state index contributed by atoms with van der Waals surface area (Å²) in [6.07, 6.45) is 3.81. The average Bonchev–Trinajstić information content (AvgIpc) is 2.83. The normalized spacial score (nSPS) is 13.1. The highest BCUT2D eigenvalue weighted by Crippen LogP contribution is 2.05. The first-order chi connectivity index (χ1) is 8.68. The molecule has 0 fully saturated rings. The highest BCUT2D eigenvalue weighted by molar-refractivity contribution is 4.98. The van der Waals surface area contributed by atoms with Crippen molar-refractivity contribution < 1.29 is 9.15 Å². The molecule has 1 atom stereocenters. The van der Waals surface area contributed by atoms with Crippen molar-refractivity contribution in [3.05, 3.63) is 24.2 Å². The molecule has 1 N–H and O–H groups in total. The zero-order valence-electron chi connectivity index (χ0n) is 11.8. The summed E-state index contributed by atoms with van der Waals surface area (Å²) in [7, 11) is 4.11. The fourth-order valence-corrected chi connectivity index (χ4v) is 1.64. The number of hydrogen-bond acceptors (Lipinski definition) is 4. The summed E-state index contributed by atoms with van der Waals surface area (Å²) in [5.74, 6) is 1.06. The maximum Gasteiger partial charge on any atom is 0.103 e. The van der Waals surface area contributed by atoms with Crippen LogP contribution in [-0.4, -0.2) is 51.3 Å². The van der Waals surface area contributed by atoms with Gasteiger partial charge < -0.3 is 19.4 Å². The fourth-order valence-electron chi connectivity index (χ4n) is 1.64. The first-order valence-electron chi connectivity index (χ1n) is 6.66. The zero-order valence-corrected chi connectivity index (χ0v) is 11.8. The van der Waals surface area contributed by atoms with Crippen LogP contribution in [0, 0.1) is 0 Å². The quantitative estimate of drug-likeness (QED) is 0.646. The number of furan rings is 1. The van der Waals surface area contributed by atoms with E-state index in [9.17, 15) is 0 Å². The summed E-state index contributed by atoms with van der Waals surface area (Å²) in [4.78, 5) is 2.12. The van der Waals surface area contributed by atoms with Gasteiger partial charge in [-0.3, -0.25) is 0 Å². The Morgan fingerprint density at radius 3 is 2.89 bits per heavy atom. The third kappa shape index (κ3) is 7.48. The second-order valence-electron chi connectivity index (χ2n) is 4.89. The number of ether oxygens (including phenoxy) is 1. The van der Waals surface area contributed by atoms with E-state index in [1.54, 1.807) is 6.26 Å². The Morgan fingerprint density at radius 2 is 2.22 bits per heavy atom. The number of rotatable bonds is 10. The summed E-state index contributed by atoms with van der Waals surface area (Å²) in [6, 6.07) is 4.45. The van der Waals surface area contributed by atoms with Crippen LogP contribution in [0.15, 0.2) is 22.8 Å². The molecule has 0 aliphatic heterocycles. The molecule has 0 bridgehead atoms. The molecule has 0 saturated heterocycles. The van der Waals surface area contributed by atoms with Gasteiger partial charge in [0, 0.05) is 25.6 Å². The number of hydrogen-bond donors (Lipinski definition) is 1. The van der Waals surface area contributed by atoms with Gasteiger partial charge in [0.2, 0.25) is 0 Å². The van der Waals surface area contributed by atoms with Crippen LogP contribution in [0.1, 0.15) is 19.1 Å². The average molecular weight is 254 g/mol. The minimum absolute atomic E-state index is 0.493. The molecule has 1 rings (SSSR count). The molecule has 0 aliphatic carbocycles. The maximum absolute atomic E-state index is 5.52. The summed E-state index contributed by atoms with van der Waals surface area (Å²) >= 11 is 0. The van der Waals surface area contributed by atoms with Crippen molar-refractivity contribution in [2.75, 3.05) is 40.4 Å². The van der Waals surface area contributed by atoms with E-state index in [2.05, 4.69) is 31.2 Å². The standard InChI is InChI=1S/C14H26N2O2/c1-13(6-7-14-5-4-10-18-14)15-8-11-17-12-9-16(2)3/h4-5,10,13,15H,6-9,11-12H2,1-3H3. The van der Waals surface area contributed by atoms with Crippen LogP contribution in [0.3, 0.4) is 0 Å². The Labute approximate surface area is 110 Å². The molecule has 0 amide bonds. The van der Waals surface area contributed by atoms with Gasteiger partial charge in [0.05, 0.1) is 19.5 Å². The molecule has 0 spiro atoms. The van der Waals surface area contributed by atoms with Crippen molar-refractivity contribution in [2.45, 2.75) is 25.8 Å². The lowest BCUT2D eigenvalue weighted by Gasteiger charge is -2.14. The second kappa shape index (κ2) is 9.14. The summed E-state index contributed by atoms with van der Waals surface area (Å²) in [6.45, 7) is 5.66. The fraction of sp³-hybridized carbons (Fsp3) is 0.714. The molecule has 18 heavy (non-hydrogen) atoms. The first kappa shape index (κ1) is 15.2. The Morgan fingerprint density at radius 1 is 1.39 bits per heavy atom. The van der Waals surface area contributed by atoms with Gasteiger partial charge in [-0.25, -0.2) is 0 Å². The van der Waals surface area contributed by atoms with E-state index in [4.69, 9.17) is 9.15 Å². The molecule has 0 radical (unpaired) electrons. The van der Waals surface area contributed by atoms with Crippen molar-refractivity contribution in [1.29, 1.82) is 0 Å². The largest absolute Gasteiger partial charge is 0.469 e. The van der Waals surface area contributed by atoms with Gasteiger partial charge in [0.1, 0.15) is 5.76 Å². The summed E-state index contributed by atoms with van der Waals surface area (Å²) in [5, 5.41) is 3.45. The molecule has 4 heteroatoms. The Hall–Kier alpha value is -0.840. The molecule has 4 nitrogen and oxygen atoms in total. The molecule has 1 aromatic heterocycles. The predicted octanol–water partition coefficient (Wildman–Crippen LogP) is 1.77. The van der Waals surface area contributed by atoms with Crippen LogP contribution in [0.25, 0.3) is 0 Å². The molecule has 1 unspecified atom stereocenters. The molecule has 1 heterocycles. The van der Waals surface area contributed by atoms with Crippen LogP contribution in [0.5, 0.6) is 0 Å². The number of nitrogens with zero attached hydrogens (tertiary/aromatic N) is 1. The van der Waals surface area contributed by atoms with E-state index in [1.165, 1.54) is 0 Å². The van der Waals surface area contributed by atoms with E-state index >= 15 is 0 Å². The SMILES string of the molecule is CC(CCc1ccco1)NCCOCCN(C)C. The van der Waals surface area contributed by atoms with Crippen molar-refractivity contribution >= 4 is 0 Å². The number of likely N-dealkylation sites (N-methyl/N-ethyl adjacent to an activating group) is 1. The minimum Gasteiger partial charge on any atom is -0.469 e. The van der Waals surface area contributed by atoms with Gasteiger partial charge in [0.25, 0.3) is 0 Å². The van der Waals surface area contributed by atoms with Gasteiger partial charge in [-0.05, 0) is 39.6 Å². The zero-order chi connectivity index (χ0) is 13.2.